The smallest absolute Gasteiger partial charge is 0.336 e. The Bertz CT molecular complexity index is 396. The van der Waals surface area contributed by atoms with Crippen LogP contribution in [-0.4, -0.2) is 16.1 Å². The molecule has 1 aromatic heterocycles. The van der Waals surface area contributed by atoms with Crippen LogP contribution < -0.4 is 0 Å². The molecule has 0 aliphatic rings. The molecule has 0 unspecified atom stereocenters. The number of hydrogen-bond donors (Lipinski definition) is 1. The van der Waals surface area contributed by atoms with Gasteiger partial charge in [-0.1, -0.05) is 0 Å². The predicted molar refractivity (Wildman–Crippen MR) is 50.4 cm³/mol. The topological polar surface area (TPSA) is 50.2 Å². The third-order valence-electron chi connectivity index (χ3n) is 2.00. The number of rotatable bonds is 3. The SMILES string of the molecule is Cc1c(C(F)F)ncc(CCl)c1C(=O)O. The van der Waals surface area contributed by atoms with Crippen LogP contribution in [0.25, 0.3) is 0 Å². The molecule has 3 nitrogen and oxygen atoms in total. The van der Waals surface area contributed by atoms with Crippen molar-refractivity contribution in [2.75, 3.05) is 0 Å². The molecule has 0 saturated carbocycles. The van der Waals surface area contributed by atoms with E-state index < -0.39 is 18.1 Å². The van der Waals surface area contributed by atoms with E-state index in [1.54, 1.807) is 0 Å². The lowest BCUT2D eigenvalue weighted by Crippen LogP contribution is -2.09. The van der Waals surface area contributed by atoms with Gasteiger partial charge in [0, 0.05) is 12.1 Å². The van der Waals surface area contributed by atoms with Crippen LogP contribution >= 0.6 is 11.6 Å². The zero-order chi connectivity index (χ0) is 11.6. The summed E-state index contributed by atoms with van der Waals surface area (Å²) < 4.78 is 24.8. The van der Waals surface area contributed by atoms with Crippen LogP contribution in [0.3, 0.4) is 0 Å². The van der Waals surface area contributed by atoms with Crippen molar-refractivity contribution in [1.29, 1.82) is 0 Å². The Morgan fingerprint density at radius 2 is 2.27 bits per heavy atom. The minimum Gasteiger partial charge on any atom is -0.478 e. The van der Waals surface area contributed by atoms with E-state index in [1.807, 2.05) is 0 Å². The van der Waals surface area contributed by atoms with Crippen molar-refractivity contribution < 1.29 is 18.7 Å². The highest BCUT2D eigenvalue weighted by atomic mass is 35.5. The molecule has 0 spiro atoms. The van der Waals surface area contributed by atoms with Gasteiger partial charge in [-0.15, -0.1) is 11.6 Å². The van der Waals surface area contributed by atoms with Crippen molar-refractivity contribution in [3.05, 3.63) is 28.6 Å². The van der Waals surface area contributed by atoms with E-state index >= 15 is 0 Å². The summed E-state index contributed by atoms with van der Waals surface area (Å²) >= 11 is 5.49. The van der Waals surface area contributed by atoms with Gasteiger partial charge >= 0.3 is 5.97 Å². The van der Waals surface area contributed by atoms with E-state index in [0.29, 0.717) is 0 Å². The third kappa shape index (κ3) is 2.23. The van der Waals surface area contributed by atoms with Gasteiger partial charge in [-0.3, -0.25) is 4.98 Å². The predicted octanol–water partition coefficient (Wildman–Crippen LogP) is 2.76. The lowest BCUT2D eigenvalue weighted by atomic mass is 10.0. The van der Waals surface area contributed by atoms with Crippen LogP contribution in [0.5, 0.6) is 0 Å². The zero-order valence-electron chi connectivity index (χ0n) is 7.80. The molecule has 1 rings (SSSR count). The van der Waals surface area contributed by atoms with Gasteiger partial charge in [0.05, 0.1) is 5.56 Å². The lowest BCUT2D eigenvalue weighted by molar-refractivity contribution is 0.0694. The van der Waals surface area contributed by atoms with Gasteiger partial charge in [-0.25, -0.2) is 13.6 Å². The summed E-state index contributed by atoms with van der Waals surface area (Å²) in [5, 5.41) is 8.85. The van der Waals surface area contributed by atoms with Gasteiger partial charge in [0.15, 0.2) is 0 Å². The summed E-state index contributed by atoms with van der Waals surface area (Å²) in [6.07, 6.45) is -1.71. The van der Waals surface area contributed by atoms with Crippen LogP contribution in [0.4, 0.5) is 8.78 Å². The molecule has 0 aliphatic heterocycles. The summed E-state index contributed by atoms with van der Waals surface area (Å²) in [4.78, 5) is 14.3. The second kappa shape index (κ2) is 4.53. The first-order valence-electron chi connectivity index (χ1n) is 4.04. The van der Waals surface area contributed by atoms with E-state index in [2.05, 4.69) is 4.98 Å². The molecule has 1 aromatic rings. The first-order valence-corrected chi connectivity index (χ1v) is 4.58. The van der Waals surface area contributed by atoms with Gasteiger partial charge < -0.3 is 5.11 Å². The zero-order valence-corrected chi connectivity index (χ0v) is 8.55. The molecule has 0 amide bonds. The molecule has 1 N–H and O–H groups in total. The highest BCUT2D eigenvalue weighted by molar-refractivity contribution is 6.17. The molecule has 0 bridgehead atoms. The summed E-state index contributed by atoms with van der Waals surface area (Å²) in [5.41, 5.74) is -0.488. The molecule has 82 valence electrons. The van der Waals surface area contributed by atoms with E-state index in [4.69, 9.17) is 16.7 Å². The van der Waals surface area contributed by atoms with Crippen molar-refractivity contribution in [2.24, 2.45) is 0 Å². The first-order chi connectivity index (χ1) is 6.99. The minimum absolute atomic E-state index is 0.0318. The standard InChI is InChI=1S/C9H8ClF2NO2/c1-4-6(9(14)15)5(2-10)3-13-7(4)8(11)12/h3,8H,2H2,1H3,(H,14,15). The number of pyridine rings is 1. The molecule has 0 saturated heterocycles. The molecule has 0 radical (unpaired) electrons. The van der Waals surface area contributed by atoms with Crippen LogP contribution in [0.1, 0.15) is 33.6 Å². The number of carbonyl (C=O) groups is 1. The summed E-state index contributed by atoms with van der Waals surface area (Å²) in [7, 11) is 0. The second-order valence-corrected chi connectivity index (χ2v) is 3.18. The van der Waals surface area contributed by atoms with Crippen LogP contribution in [0.2, 0.25) is 0 Å². The van der Waals surface area contributed by atoms with Gasteiger partial charge in [-0.2, -0.15) is 0 Å². The lowest BCUT2D eigenvalue weighted by Gasteiger charge is -2.10. The minimum atomic E-state index is -2.78. The van der Waals surface area contributed by atoms with E-state index in [0.717, 1.165) is 6.20 Å². The molecular weight excluding hydrogens is 228 g/mol. The largest absolute Gasteiger partial charge is 0.478 e. The second-order valence-electron chi connectivity index (χ2n) is 2.91. The van der Waals surface area contributed by atoms with E-state index in [-0.39, 0.29) is 22.6 Å². The van der Waals surface area contributed by atoms with Crippen molar-refractivity contribution in [2.45, 2.75) is 19.2 Å². The third-order valence-corrected chi connectivity index (χ3v) is 2.29. The van der Waals surface area contributed by atoms with E-state index in [9.17, 15) is 13.6 Å². The van der Waals surface area contributed by atoms with Crippen LogP contribution in [-0.2, 0) is 5.88 Å². The summed E-state index contributed by atoms with van der Waals surface area (Å²) in [6, 6.07) is 0. The number of carboxylic acid groups (broad SMARTS) is 1. The Hall–Kier alpha value is -1.23. The average Bonchev–Trinajstić information content (AvgIpc) is 2.15. The summed E-state index contributed by atoms with van der Waals surface area (Å²) in [6.45, 7) is 1.30. The molecule has 0 atom stereocenters. The Kier molecular flexibility index (Phi) is 3.57. The van der Waals surface area contributed by atoms with Gasteiger partial charge in [0.2, 0.25) is 0 Å². The molecule has 0 fully saturated rings. The number of nitrogens with zero attached hydrogens (tertiary/aromatic N) is 1. The fourth-order valence-corrected chi connectivity index (χ4v) is 1.50. The molecule has 15 heavy (non-hydrogen) atoms. The maximum Gasteiger partial charge on any atom is 0.336 e. The van der Waals surface area contributed by atoms with Crippen molar-refractivity contribution in [1.82, 2.24) is 4.98 Å². The van der Waals surface area contributed by atoms with Crippen LogP contribution in [0.15, 0.2) is 6.20 Å². The van der Waals surface area contributed by atoms with Crippen LogP contribution in [0, 0.1) is 6.92 Å². The molecule has 1 heterocycles. The van der Waals surface area contributed by atoms with E-state index in [1.165, 1.54) is 6.92 Å². The highest BCUT2D eigenvalue weighted by Crippen LogP contribution is 2.25. The Labute approximate surface area is 89.7 Å². The number of aromatic nitrogens is 1. The maximum atomic E-state index is 12.4. The first kappa shape index (κ1) is 11.8. The molecule has 6 heteroatoms. The maximum absolute atomic E-state index is 12.4. The van der Waals surface area contributed by atoms with Gasteiger partial charge in [0.25, 0.3) is 6.43 Å². The molecule has 0 aromatic carbocycles. The Balaban J connectivity index is 3.42. The Morgan fingerprint density at radius 1 is 1.67 bits per heavy atom. The quantitative estimate of drug-likeness (QED) is 0.820. The van der Waals surface area contributed by atoms with Gasteiger partial charge in [-0.05, 0) is 18.1 Å². The number of hydrogen-bond acceptors (Lipinski definition) is 2. The van der Waals surface area contributed by atoms with Crippen molar-refractivity contribution in [3.8, 4) is 0 Å². The molecule has 0 aliphatic carbocycles. The number of carboxylic acids is 1. The fraction of sp³-hybridized carbons (Fsp3) is 0.333. The number of alkyl halides is 3. The van der Waals surface area contributed by atoms with Crippen molar-refractivity contribution in [3.63, 3.8) is 0 Å². The fourth-order valence-electron chi connectivity index (χ4n) is 1.30. The van der Waals surface area contributed by atoms with Crippen molar-refractivity contribution >= 4 is 17.6 Å². The highest BCUT2D eigenvalue weighted by Gasteiger charge is 2.21. The Morgan fingerprint density at radius 3 is 2.67 bits per heavy atom. The number of halogens is 3. The normalized spacial score (nSPS) is 10.7. The average molecular weight is 236 g/mol. The summed E-state index contributed by atoms with van der Waals surface area (Å²) in [5.74, 6) is -1.34. The van der Waals surface area contributed by atoms with Gasteiger partial charge in [0.1, 0.15) is 5.69 Å². The monoisotopic (exact) mass is 235 g/mol. The number of aromatic carboxylic acids is 1. The molecular formula is C9H8ClF2NO2.